The molecule has 1 aromatic heterocycles. The largest absolute Gasteiger partial charge is 0.492 e. The van der Waals surface area contributed by atoms with Crippen LogP contribution < -0.4 is 0 Å². The van der Waals surface area contributed by atoms with Crippen molar-refractivity contribution in [1.82, 2.24) is 0 Å². The van der Waals surface area contributed by atoms with Gasteiger partial charge >= 0.3 is 0 Å². The van der Waals surface area contributed by atoms with E-state index in [0.29, 0.717) is 48.6 Å². The van der Waals surface area contributed by atoms with Crippen molar-refractivity contribution >= 4 is 47.1 Å². The van der Waals surface area contributed by atoms with Crippen LogP contribution in [0.25, 0.3) is 0 Å². The predicted molar refractivity (Wildman–Crippen MR) is 107 cm³/mol. The zero-order valence-electron chi connectivity index (χ0n) is 14.4. The van der Waals surface area contributed by atoms with Crippen molar-refractivity contribution in [3.05, 3.63) is 62.0 Å². The molecule has 6 heteroatoms. The molecule has 0 bridgehead atoms. The summed E-state index contributed by atoms with van der Waals surface area (Å²) in [5.74, 6) is -0.0564. The Bertz CT molecular complexity index is 869. The number of Topliss-reactive ketones (excluding diaryl/α,β-unsaturated/α-hetero) is 2. The highest BCUT2D eigenvalue weighted by molar-refractivity contribution is 7.80. The number of allylic oxidation sites excluding steroid dienone is 2. The van der Waals surface area contributed by atoms with Gasteiger partial charge < -0.3 is 4.74 Å². The lowest BCUT2D eigenvalue weighted by atomic mass is 9.89. The monoisotopic (exact) mass is 406 g/mol. The first kappa shape index (κ1) is 19.2. The molecule has 2 aromatic rings. The standard InChI is InChI=1S/C20H19ClO3S2/c1-2-13-17(25)9-8-14(19(13)21)20(23)18-15(22)6-3-7-16(18)24-11-12-5-4-10-26-12/h4-5,8-10,25H,2-3,6-7,11H2,1H3. The third-order valence-corrected chi connectivity index (χ3v) is 6.08. The first-order valence-corrected chi connectivity index (χ1v) is 10.2. The SMILES string of the molecule is CCc1c(S)ccc(C(=O)C2=C(OCc3cccs3)CCCC2=O)c1Cl. The minimum absolute atomic E-state index is 0.142. The first-order valence-electron chi connectivity index (χ1n) is 8.49. The average molecular weight is 407 g/mol. The van der Waals surface area contributed by atoms with Gasteiger partial charge in [-0.1, -0.05) is 24.6 Å². The van der Waals surface area contributed by atoms with Crippen LogP contribution in [0.1, 0.15) is 47.0 Å². The molecule has 1 aromatic carbocycles. The third kappa shape index (κ3) is 3.90. The molecule has 0 N–H and O–H groups in total. The van der Waals surface area contributed by atoms with Crippen LogP contribution in [0.3, 0.4) is 0 Å². The van der Waals surface area contributed by atoms with Crippen molar-refractivity contribution in [3.8, 4) is 0 Å². The van der Waals surface area contributed by atoms with Crippen LogP contribution in [-0.2, 0) is 22.6 Å². The normalized spacial score (nSPS) is 14.7. The Balaban J connectivity index is 1.97. The molecule has 0 saturated carbocycles. The second-order valence-corrected chi connectivity index (χ2v) is 7.94. The molecule has 0 unspecified atom stereocenters. The number of hydrogen-bond acceptors (Lipinski definition) is 5. The molecule has 0 aliphatic heterocycles. The average Bonchev–Trinajstić information content (AvgIpc) is 3.13. The van der Waals surface area contributed by atoms with E-state index in [1.54, 1.807) is 23.5 Å². The summed E-state index contributed by atoms with van der Waals surface area (Å²) < 4.78 is 5.86. The fourth-order valence-electron chi connectivity index (χ4n) is 3.02. The highest BCUT2D eigenvalue weighted by atomic mass is 35.5. The number of ketones is 2. The van der Waals surface area contributed by atoms with Crippen molar-refractivity contribution in [2.75, 3.05) is 0 Å². The molecule has 0 atom stereocenters. The van der Waals surface area contributed by atoms with E-state index in [0.717, 1.165) is 15.3 Å². The summed E-state index contributed by atoms with van der Waals surface area (Å²) in [7, 11) is 0. The van der Waals surface area contributed by atoms with Gasteiger partial charge in [-0.3, -0.25) is 9.59 Å². The number of rotatable bonds is 6. The Morgan fingerprint density at radius 1 is 1.31 bits per heavy atom. The molecule has 1 aliphatic carbocycles. The van der Waals surface area contributed by atoms with Crippen LogP contribution in [0.4, 0.5) is 0 Å². The maximum atomic E-state index is 13.1. The zero-order valence-corrected chi connectivity index (χ0v) is 16.8. The minimum atomic E-state index is -0.357. The topological polar surface area (TPSA) is 43.4 Å². The van der Waals surface area contributed by atoms with Gasteiger partial charge in [-0.15, -0.1) is 24.0 Å². The van der Waals surface area contributed by atoms with Crippen LogP contribution in [0, 0.1) is 0 Å². The third-order valence-electron chi connectivity index (χ3n) is 4.38. The van der Waals surface area contributed by atoms with Crippen molar-refractivity contribution < 1.29 is 14.3 Å². The minimum Gasteiger partial charge on any atom is -0.492 e. The second kappa shape index (κ2) is 8.42. The van der Waals surface area contributed by atoms with Crippen molar-refractivity contribution in [2.24, 2.45) is 0 Å². The van der Waals surface area contributed by atoms with E-state index in [2.05, 4.69) is 12.6 Å². The number of carbonyl (C=O) groups is 2. The Labute approximate surface area is 167 Å². The number of thiophene rings is 1. The van der Waals surface area contributed by atoms with E-state index in [9.17, 15) is 9.59 Å². The van der Waals surface area contributed by atoms with Gasteiger partial charge in [0.25, 0.3) is 0 Å². The molecule has 0 spiro atoms. The van der Waals surface area contributed by atoms with Crippen LogP contribution in [0.15, 0.2) is 45.9 Å². The van der Waals surface area contributed by atoms with Gasteiger partial charge in [-0.05, 0) is 42.0 Å². The fourth-order valence-corrected chi connectivity index (χ4v) is 4.43. The molecule has 0 radical (unpaired) electrons. The zero-order chi connectivity index (χ0) is 18.7. The van der Waals surface area contributed by atoms with E-state index < -0.39 is 0 Å². The summed E-state index contributed by atoms with van der Waals surface area (Å²) in [4.78, 5) is 27.4. The fraction of sp³-hybridized carbons (Fsp3) is 0.300. The number of thiol groups is 1. The van der Waals surface area contributed by atoms with Crippen molar-refractivity contribution in [1.29, 1.82) is 0 Å². The molecule has 1 heterocycles. The number of ether oxygens (including phenoxy) is 1. The maximum absolute atomic E-state index is 13.1. The van der Waals surface area contributed by atoms with E-state index in [-0.39, 0.29) is 17.1 Å². The Kier molecular flexibility index (Phi) is 6.22. The van der Waals surface area contributed by atoms with Crippen LogP contribution in [0.2, 0.25) is 5.02 Å². The molecule has 3 nitrogen and oxygen atoms in total. The number of halogens is 1. The molecular formula is C20H19ClO3S2. The summed E-state index contributed by atoms with van der Waals surface area (Å²) in [6.45, 7) is 2.32. The second-order valence-electron chi connectivity index (χ2n) is 6.05. The number of hydrogen-bond donors (Lipinski definition) is 1. The molecule has 26 heavy (non-hydrogen) atoms. The van der Waals surface area contributed by atoms with E-state index in [1.807, 2.05) is 24.4 Å². The predicted octanol–water partition coefficient (Wildman–Crippen LogP) is 5.66. The molecule has 0 amide bonds. The molecule has 0 fully saturated rings. The van der Waals surface area contributed by atoms with Gasteiger partial charge in [0, 0.05) is 28.2 Å². The van der Waals surface area contributed by atoms with Gasteiger partial charge in [-0.25, -0.2) is 0 Å². The van der Waals surface area contributed by atoms with Crippen molar-refractivity contribution in [2.45, 2.75) is 44.1 Å². The van der Waals surface area contributed by atoms with Gasteiger partial charge in [0.1, 0.15) is 17.9 Å². The molecule has 136 valence electrons. The quantitative estimate of drug-likeness (QED) is 0.382. The number of benzene rings is 1. The molecular weight excluding hydrogens is 388 g/mol. The van der Waals surface area contributed by atoms with E-state index in [1.165, 1.54) is 0 Å². The summed E-state index contributed by atoms with van der Waals surface area (Å²) >= 11 is 12.4. The smallest absolute Gasteiger partial charge is 0.201 e. The molecule has 3 rings (SSSR count). The first-order chi connectivity index (χ1) is 12.5. The summed E-state index contributed by atoms with van der Waals surface area (Å²) in [6.07, 6.45) is 2.29. The van der Waals surface area contributed by atoms with E-state index >= 15 is 0 Å². The van der Waals surface area contributed by atoms with Gasteiger partial charge in [0.05, 0.1) is 5.02 Å². The lowest BCUT2D eigenvalue weighted by molar-refractivity contribution is -0.116. The summed E-state index contributed by atoms with van der Waals surface area (Å²) in [5.41, 5.74) is 1.29. The highest BCUT2D eigenvalue weighted by Crippen LogP contribution is 2.33. The van der Waals surface area contributed by atoms with Crippen LogP contribution >= 0.6 is 35.6 Å². The number of carbonyl (C=O) groups excluding carboxylic acids is 2. The Morgan fingerprint density at radius 3 is 2.81 bits per heavy atom. The summed E-state index contributed by atoms with van der Waals surface area (Å²) in [6, 6.07) is 7.30. The van der Waals surface area contributed by atoms with Gasteiger partial charge in [0.2, 0.25) is 5.78 Å². The van der Waals surface area contributed by atoms with Gasteiger partial charge in [0.15, 0.2) is 5.78 Å². The van der Waals surface area contributed by atoms with E-state index in [4.69, 9.17) is 16.3 Å². The van der Waals surface area contributed by atoms with Gasteiger partial charge in [-0.2, -0.15) is 0 Å². The Morgan fingerprint density at radius 2 is 2.12 bits per heavy atom. The van der Waals surface area contributed by atoms with Crippen LogP contribution in [0.5, 0.6) is 0 Å². The Hall–Kier alpha value is -1.56. The van der Waals surface area contributed by atoms with Crippen molar-refractivity contribution in [3.63, 3.8) is 0 Å². The lowest BCUT2D eigenvalue weighted by Crippen LogP contribution is -2.21. The highest BCUT2D eigenvalue weighted by Gasteiger charge is 2.30. The van der Waals surface area contributed by atoms with Crippen LogP contribution in [-0.4, -0.2) is 11.6 Å². The molecule has 0 saturated heterocycles. The lowest BCUT2D eigenvalue weighted by Gasteiger charge is -2.20. The summed E-state index contributed by atoms with van der Waals surface area (Å²) in [5, 5.41) is 2.34. The molecule has 1 aliphatic rings. The maximum Gasteiger partial charge on any atom is 0.201 e.